The van der Waals surface area contributed by atoms with E-state index >= 15 is 0 Å². The summed E-state index contributed by atoms with van der Waals surface area (Å²) in [5, 5.41) is 20.7. The molecule has 2 atom stereocenters. The van der Waals surface area contributed by atoms with Gasteiger partial charge >= 0.3 is 5.97 Å². The largest absolute Gasteiger partial charge is 0.508 e. The minimum absolute atomic E-state index is 0.106. The molecule has 1 unspecified atom stereocenters. The van der Waals surface area contributed by atoms with Crippen LogP contribution < -0.4 is 11.1 Å². The van der Waals surface area contributed by atoms with Gasteiger partial charge in [0, 0.05) is 6.04 Å². The van der Waals surface area contributed by atoms with Crippen molar-refractivity contribution in [3.05, 3.63) is 29.8 Å². The maximum atomic E-state index is 12.0. The number of benzene rings is 1. The van der Waals surface area contributed by atoms with E-state index in [0.717, 1.165) is 12.0 Å². The van der Waals surface area contributed by atoms with Crippen molar-refractivity contribution in [1.29, 1.82) is 0 Å². The van der Waals surface area contributed by atoms with E-state index in [1.165, 1.54) is 12.1 Å². The predicted molar refractivity (Wildman–Crippen MR) is 78.9 cm³/mol. The summed E-state index contributed by atoms with van der Waals surface area (Å²) in [6, 6.07) is 5.31. The average Bonchev–Trinajstić information content (AvgIpc) is 2.40. The van der Waals surface area contributed by atoms with E-state index in [1.807, 2.05) is 6.92 Å². The molecule has 0 saturated carbocycles. The summed E-state index contributed by atoms with van der Waals surface area (Å²) in [6.45, 7) is 1.93. The number of nitrogens with one attached hydrogen (secondary N) is 1. The highest BCUT2D eigenvalue weighted by Gasteiger charge is 2.19. The maximum Gasteiger partial charge on any atom is 0.305 e. The fourth-order valence-corrected chi connectivity index (χ4v) is 2.07. The summed E-state index contributed by atoms with van der Waals surface area (Å²) >= 11 is 0. The Hall–Kier alpha value is -2.08. The summed E-state index contributed by atoms with van der Waals surface area (Å²) in [5.74, 6) is -1.15. The zero-order valence-corrected chi connectivity index (χ0v) is 12.1. The highest BCUT2D eigenvalue weighted by molar-refractivity contribution is 5.82. The normalized spacial score (nSPS) is 13.4. The van der Waals surface area contributed by atoms with Crippen LogP contribution in [-0.4, -0.2) is 34.2 Å². The van der Waals surface area contributed by atoms with Gasteiger partial charge in [0.05, 0.1) is 12.5 Å². The molecular formula is C15H22N2O4. The smallest absolute Gasteiger partial charge is 0.305 e. The minimum atomic E-state index is -0.944. The molecule has 1 aromatic rings. The molecule has 5 N–H and O–H groups in total. The third kappa shape index (κ3) is 6.27. The summed E-state index contributed by atoms with van der Waals surface area (Å²) in [4.78, 5) is 22.8. The number of aliphatic carboxylic acids is 1. The van der Waals surface area contributed by atoms with Crippen LogP contribution >= 0.6 is 0 Å². The average molecular weight is 294 g/mol. The first-order valence-electron chi connectivity index (χ1n) is 6.98. The molecule has 0 fully saturated rings. The van der Waals surface area contributed by atoms with Crippen molar-refractivity contribution >= 4 is 11.9 Å². The minimum Gasteiger partial charge on any atom is -0.508 e. The summed E-state index contributed by atoms with van der Waals surface area (Å²) in [5.41, 5.74) is 6.67. The lowest BCUT2D eigenvalue weighted by Gasteiger charge is -2.19. The number of carboxylic acid groups (broad SMARTS) is 1. The van der Waals surface area contributed by atoms with Crippen molar-refractivity contribution in [2.45, 2.75) is 44.7 Å². The van der Waals surface area contributed by atoms with Crippen molar-refractivity contribution in [3.8, 4) is 5.75 Å². The first-order chi connectivity index (χ1) is 9.92. The van der Waals surface area contributed by atoms with E-state index < -0.39 is 18.1 Å². The number of nitrogens with two attached hydrogens (primary N) is 1. The first-order valence-corrected chi connectivity index (χ1v) is 6.98. The van der Waals surface area contributed by atoms with E-state index in [9.17, 15) is 14.7 Å². The molecule has 21 heavy (non-hydrogen) atoms. The lowest BCUT2D eigenvalue weighted by Crippen LogP contribution is -2.47. The molecule has 0 bridgehead atoms. The fraction of sp³-hybridized carbons (Fsp3) is 0.467. The second-order valence-corrected chi connectivity index (χ2v) is 5.07. The van der Waals surface area contributed by atoms with Gasteiger partial charge in [0.1, 0.15) is 5.75 Å². The number of carbonyl (C=O) groups excluding carboxylic acids is 1. The van der Waals surface area contributed by atoms with E-state index in [1.54, 1.807) is 12.1 Å². The topological polar surface area (TPSA) is 113 Å². The van der Waals surface area contributed by atoms with Crippen molar-refractivity contribution in [2.75, 3.05) is 0 Å². The zero-order chi connectivity index (χ0) is 15.8. The number of hydrogen-bond acceptors (Lipinski definition) is 4. The van der Waals surface area contributed by atoms with Crippen LogP contribution in [0, 0.1) is 0 Å². The first kappa shape index (κ1) is 17.0. The number of hydrogen-bond donors (Lipinski definition) is 4. The van der Waals surface area contributed by atoms with Crippen LogP contribution in [0.15, 0.2) is 24.3 Å². The number of rotatable bonds is 8. The van der Waals surface area contributed by atoms with Gasteiger partial charge in [-0.2, -0.15) is 0 Å². The Morgan fingerprint density at radius 1 is 1.29 bits per heavy atom. The Morgan fingerprint density at radius 3 is 2.43 bits per heavy atom. The van der Waals surface area contributed by atoms with Gasteiger partial charge in [-0.1, -0.05) is 25.5 Å². The Balaban J connectivity index is 2.55. The fourth-order valence-electron chi connectivity index (χ4n) is 2.07. The quantitative estimate of drug-likeness (QED) is 0.572. The molecule has 0 saturated heterocycles. The number of carbonyl (C=O) groups is 2. The van der Waals surface area contributed by atoms with Gasteiger partial charge in [0.15, 0.2) is 0 Å². The number of aromatic hydroxyl groups is 1. The van der Waals surface area contributed by atoms with Crippen molar-refractivity contribution in [1.82, 2.24) is 5.32 Å². The Bertz CT molecular complexity index is 473. The monoisotopic (exact) mass is 294 g/mol. The van der Waals surface area contributed by atoms with Gasteiger partial charge in [0.25, 0.3) is 0 Å². The van der Waals surface area contributed by atoms with Gasteiger partial charge < -0.3 is 21.3 Å². The number of phenols is 1. The molecule has 6 heteroatoms. The summed E-state index contributed by atoms with van der Waals surface area (Å²) in [7, 11) is 0. The van der Waals surface area contributed by atoms with Crippen LogP contribution in [-0.2, 0) is 16.0 Å². The van der Waals surface area contributed by atoms with E-state index in [0.29, 0.717) is 12.8 Å². The SMILES string of the molecule is CCCC(CC(=O)O)NC(=O)[C@H](N)Cc1ccc(O)cc1. The molecule has 116 valence electrons. The highest BCUT2D eigenvalue weighted by atomic mass is 16.4. The van der Waals surface area contributed by atoms with E-state index in [2.05, 4.69) is 5.32 Å². The van der Waals surface area contributed by atoms with E-state index in [4.69, 9.17) is 10.8 Å². The molecule has 0 aromatic heterocycles. The van der Waals surface area contributed by atoms with Gasteiger partial charge in [-0.3, -0.25) is 9.59 Å². The van der Waals surface area contributed by atoms with Gasteiger partial charge in [0.2, 0.25) is 5.91 Å². The molecule has 0 aliphatic rings. The molecule has 1 rings (SSSR count). The van der Waals surface area contributed by atoms with Crippen LogP contribution in [0.25, 0.3) is 0 Å². The van der Waals surface area contributed by atoms with Crippen LogP contribution in [0.1, 0.15) is 31.7 Å². The molecule has 0 aliphatic carbocycles. The predicted octanol–water partition coefficient (Wildman–Crippen LogP) is 1.02. The van der Waals surface area contributed by atoms with Crippen LogP contribution in [0.4, 0.5) is 0 Å². The Labute approximate surface area is 124 Å². The third-order valence-corrected chi connectivity index (χ3v) is 3.13. The second kappa shape index (κ2) is 8.26. The molecule has 6 nitrogen and oxygen atoms in total. The van der Waals surface area contributed by atoms with Gasteiger partial charge in [-0.05, 0) is 30.5 Å². The summed E-state index contributed by atoms with van der Waals surface area (Å²) in [6.07, 6.45) is 1.61. The van der Waals surface area contributed by atoms with Crippen LogP contribution in [0.3, 0.4) is 0 Å². The third-order valence-electron chi connectivity index (χ3n) is 3.13. The van der Waals surface area contributed by atoms with Crippen molar-refractivity contribution < 1.29 is 19.8 Å². The highest BCUT2D eigenvalue weighted by Crippen LogP contribution is 2.11. The molecule has 1 amide bonds. The second-order valence-electron chi connectivity index (χ2n) is 5.07. The molecule has 0 radical (unpaired) electrons. The maximum absolute atomic E-state index is 12.0. The number of carboxylic acids is 1. The molecule has 0 spiro atoms. The van der Waals surface area contributed by atoms with E-state index in [-0.39, 0.29) is 18.1 Å². The van der Waals surface area contributed by atoms with Crippen molar-refractivity contribution in [3.63, 3.8) is 0 Å². The zero-order valence-electron chi connectivity index (χ0n) is 12.1. The number of phenolic OH excluding ortho intramolecular Hbond substituents is 1. The number of amides is 1. The summed E-state index contributed by atoms with van der Waals surface area (Å²) < 4.78 is 0. The van der Waals surface area contributed by atoms with Crippen LogP contribution in [0.5, 0.6) is 5.75 Å². The van der Waals surface area contributed by atoms with Crippen molar-refractivity contribution in [2.24, 2.45) is 5.73 Å². The Kier molecular flexibility index (Phi) is 6.68. The molecular weight excluding hydrogens is 272 g/mol. The molecule has 0 aliphatic heterocycles. The Morgan fingerprint density at radius 2 is 1.90 bits per heavy atom. The van der Waals surface area contributed by atoms with Crippen LogP contribution in [0.2, 0.25) is 0 Å². The molecule has 1 aromatic carbocycles. The lowest BCUT2D eigenvalue weighted by molar-refractivity contribution is -0.137. The van der Waals surface area contributed by atoms with Gasteiger partial charge in [-0.25, -0.2) is 0 Å². The molecule has 0 heterocycles. The lowest BCUT2D eigenvalue weighted by atomic mass is 10.0. The standard InChI is InChI=1S/C15H22N2O4/c1-2-3-11(9-14(19)20)17-15(21)13(16)8-10-4-6-12(18)7-5-10/h4-7,11,13,18H,2-3,8-9,16H2,1H3,(H,17,21)(H,19,20)/t11?,13-/m1/s1. The van der Waals surface area contributed by atoms with Gasteiger partial charge in [-0.15, -0.1) is 0 Å².